The third kappa shape index (κ3) is 2.98. The van der Waals surface area contributed by atoms with Crippen molar-refractivity contribution >= 4 is 5.91 Å². The second-order valence-electron chi connectivity index (χ2n) is 4.54. The van der Waals surface area contributed by atoms with Gasteiger partial charge in [-0.3, -0.25) is 9.59 Å². The number of aromatic nitrogens is 1. The van der Waals surface area contributed by atoms with Gasteiger partial charge in [0.05, 0.1) is 0 Å². The van der Waals surface area contributed by atoms with E-state index in [9.17, 15) is 9.59 Å². The Bertz CT molecular complexity index is 475. The van der Waals surface area contributed by atoms with Gasteiger partial charge in [0.2, 0.25) is 5.91 Å². The van der Waals surface area contributed by atoms with Crippen LogP contribution in [0.3, 0.4) is 0 Å². The first-order chi connectivity index (χ1) is 8.68. The molecule has 5 heteroatoms. The van der Waals surface area contributed by atoms with E-state index in [1.807, 2.05) is 17.9 Å². The Hall–Kier alpha value is -1.62. The third-order valence-corrected chi connectivity index (χ3v) is 3.29. The zero-order valence-electron chi connectivity index (χ0n) is 10.7. The lowest BCUT2D eigenvalue weighted by molar-refractivity contribution is -0.132. The van der Waals surface area contributed by atoms with Crippen LogP contribution in [0.25, 0.3) is 0 Å². The first-order valence-corrected chi connectivity index (χ1v) is 6.33. The Morgan fingerprint density at radius 3 is 2.72 bits per heavy atom. The van der Waals surface area contributed by atoms with Gasteiger partial charge in [0, 0.05) is 50.9 Å². The summed E-state index contributed by atoms with van der Waals surface area (Å²) >= 11 is 0. The Labute approximate surface area is 106 Å². The fourth-order valence-corrected chi connectivity index (χ4v) is 2.19. The molecular weight excluding hydrogens is 230 g/mol. The number of nitrogens with one attached hydrogen (secondary N) is 1. The predicted octanol–water partition coefficient (Wildman–Crippen LogP) is -0.0214. The van der Waals surface area contributed by atoms with Gasteiger partial charge in [0.1, 0.15) is 0 Å². The molecule has 0 bridgehead atoms. The summed E-state index contributed by atoms with van der Waals surface area (Å²) < 4.78 is 1.65. The maximum Gasteiger partial charge on any atom is 0.250 e. The highest BCUT2D eigenvalue weighted by Crippen LogP contribution is 2.01. The molecule has 1 saturated heterocycles. The molecule has 0 unspecified atom stereocenters. The average Bonchev–Trinajstić information content (AvgIpc) is 2.39. The van der Waals surface area contributed by atoms with Crippen molar-refractivity contribution in [3.05, 3.63) is 34.2 Å². The lowest BCUT2D eigenvalue weighted by Gasteiger charge is -2.27. The van der Waals surface area contributed by atoms with Gasteiger partial charge in [-0.1, -0.05) is 6.07 Å². The number of hydrogen-bond donors (Lipinski definition) is 1. The molecule has 0 radical (unpaired) electrons. The number of piperazine rings is 1. The molecule has 0 aromatic carbocycles. The fourth-order valence-electron chi connectivity index (χ4n) is 2.19. The number of carbonyl (C=O) groups excluding carboxylic acids is 1. The topological polar surface area (TPSA) is 54.3 Å². The Morgan fingerprint density at radius 2 is 2.06 bits per heavy atom. The standard InChI is InChI=1S/C13H19N3O2/c1-11-3-2-4-13(18)16(11)8-5-12(17)15-9-6-14-7-10-15/h2-4,14H,5-10H2,1H3. The molecular formula is C13H19N3O2. The number of rotatable bonds is 3. The monoisotopic (exact) mass is 249 g/mol. The molecule has 0 spiro atoms. The maximum absolute atomic E-state index is 12.0. The van der Waals surface area contributed by atoms with E-state index in [1.165, 1.54) is 6.07 Å². The molecule has 2 rings (SSSR count). The van der Waals surface area contributed by atoms with E-state index in [-0.39, 0.29) is 11.5 Å². The minimum atomic E-state index is -0.0388. The van der Waals surface area contributed by atoms with Crippen molar-refractivity contribution in [1.29, 1.82) is 0 Å². The Morgan fingerprint density at radius 1 is 1.33 bits per heavy atom. The van der Waals surface area contributed by atoms with E-state index < -0.39 is 0 Å². The van der Waals surface area contributed by atoms with Gasteiger partial charge in [-0.2, -0.15) is 0 Å². The van der Waals surface area contributed by atoms with Gasteiger partial charge in [0.25, 0.3) is 5.56 Å². The molecule has 1 fully saturated rings. The van der Waals surface area contributed by atoms with Gasteiger partial charge < -0.3 is 14.8 Å². The van der Waals surface area contributed by atoms with E-state index in [0.29, 0.717) is 13.0 Å². The van der Waals surface area contributed by atoms with Crippen LogP contribution in [-0.2, 0) is 11.3 Å². The van der Waals surface area contributed by atoms with E-state index in [4.69, 9.17) is 0 Å². The normalized spacial score (nSPS) is 15.7. The summed E-state index contributed by atoms with van der Waals surface area (Å²) in [6.07, 6.45) is 0.394. The predicted molar refractivity (Wildman–Crippen MR) is 69.5 cm³/mol. The van der Waals surface area contributed by atoms with Gasteiger partial charge >= 0.3 is 0 Å². The van der Waals surface area contributed by atoms with Crippen LogP contribution in [0.15, 0.2) is 23.0 Å². The number of carbonyl (C=O) groups is 1. The van der Waals surface area contributed by atoms with Crippen molar-refractivity contribution in [1.82, 2.24) is 14.8 Å². The van der Waals surface area contributed by atoms with E-state index in [1.54, 1.807) is 10.6 Å². The minimum absolute atomic E-state index is 0.0388. The molecule has 1 aliphatic heterocycles. The first-order valence-electron chi connectivity index (χ1n) is 6.33. The zero-order valence-corrected chi connectivity index (χ0v) is 10.7. The van der Waals surface area contributed by atoms with Crippen LogP contribution in [-0.4, -0.2) is 41.6 Å². The summed E-state index contributed by atoms with van der Waals surface area (Å²) in [5.74, 6) is 0.131. The van der Waals surface area contributed by atoms with E-state index >= 15 is 0 Å². The lowest BCUT2D eigenvalue weighted by Crippen LogP contribution is -2.46. The van der Waals surface area contributed by atoms with Crippen LogP contribution in [0.5, 0.6) is 0 Å². The van der Waals surface area contributed by atoms with Crippen LogP contribution in [0.2, 0.25) is 0 Å². The largest absolute Gasteiger partial charge is 0.340 e. The molecule has 2 heterocycles. The molecule has 1 aromatic rings. The van der Waals surface area contributed by atoms with Crippen LogP contribution in [0.4, 0.5) is 0 Å². The van der Waals surface area contributed by atoms with E-state index in [0.717, 1.165) is 31.9 Å². The van der Waals surface area contributed by atoms with Crippen molar-refractivity contribution in [3.8, 4) is 0 Å². The zero-order chi connectivity index (χ0) is 13.0. The van der Waals surface area contributed by atoms with Gasteiger partial charge in [-0.15, -0.1) is 0 Å². The first kappa shape index (κ1) is 12.8. The third-order valence-electron chi connectivity index (χ3n) is 3.29. The SMILES string of the molecule is Cc1cccc(=O)n1CCC(=O)N1CCNCC1. The number of aryl methyl sites for hydroxylation is 1. The smallest absolute Gasteiger partial charge is 0.250 e. The van der Waals surface area contributed by atoms with Crippen molar-refractivity contribution in [3.63, 3.8) is 0 Å². The van der Waals surface area contributed by atoms with Crippen LogP contribution in [0, 0.1) is 6.92 Å². The highest BCUT2D eigenvalue weighted by molar-refractivity contribution is 5.76. The van der Waals surface area contributed by atoms with Gasteiger partial charge in [-0.25, -0.2) is 0 Å². The van der Waals surface area contributed by atoms with Crippen LogP contribution < -0.4 is 10.9 Å². The summed E-state index contributed by atoms with van der Waals surface area (Å²) in [5, 5.41) is 3.21. The molecule has 5 nitrogen and oxygen atoms in total. The minimum Gasteiger partial charge on any atom is -0.340 e. The lowest BCUT2D eigenvalue weighted by atomic mass is 10.3. The molecule has 0 aliphatic carbocycles. The van der Waals surface area contributed by atoms with E-state index in [2.05, 4.69) is 5.32 Å². The highest BCUT2D eigenvalue weighted by atomic mass is 16.2. The molecule has 1 aromatic heterocycles. The van der Waals surface area contributed by atoms with Crippen molar-refractivity contribution in [2.45, 2.75) is 19.9 Å². The van der Waals surface area contributed by atoms with Gasteiger partial charge in [-0.05, 0) is 13.0 Å². The molecule has 0 atom stereocenters. The second-order valence-corrected chi connectivity index (χ2v) is 4.54. The number of hydrogen-bond acceptors (Lipinski definition) is 3. The summed E-state index contributed by atoms with van der Waals surface area (Å²) in [6, 6.07) is 5.16. The molecule has 0 saturated carbocycles. The average molecular weight is 249 g/mol. The van der Waals surface area contributed by atoms with Gasteiger partial charge in [0.15, 0.2) is 0 Å². The molecule has 1 N–H and O–H groups in total. The van der Waals surface area contributed by atoms with Crippen molar-refractivity contribution in [2.24, 2.45) is 0 Å². The van der Waals surface area contributed by atoms with Crippen LogP contribution >= 0.6 is 0 Å². The Balaban J connectivity index is 1.95. The summed E-state index contributed by atoms with van der Waals surface area (Å²) in [4.78, 5) is 25.5. The number of amides is 1. The quantitative estimate of drug-likeness (QED) is 0.819. The molecule has 1 aliphatic rings. The fraction of sp³-hybridized carbons (Fsp3) is 0.538. The Kier molecular flexibility index (Phi) is 4.15. The summed E-state index contributed by atoms with van der Waals surface area (Å²) in [6.45, 7) is 5.60. The molecule has 98 valence electrons. The number of pyridine rings is 1. The number of nitrogens with zero attached hydrogens (tertiary/aromatic N) is 2. The van der Waals surface area contributed by atoms with Crippen molar-refractivity contribution in [2.75, 3.05) is 26.2 Å². The van der Waals surface area contributed by atoms with Crippen LogP contribution in [0.1, 0.15) is 12.1 Å². The maximum atomic E-state index is 12.0. The summed E-state index contributed by atoms with van der Waals surface area (Å²) in [7, 11) is 0. The summed E-state index contributed by atoms with van der Waals surface area (Å²) in [5.41, 5.74) is 0.860. The molecule has 1 amide bonds. The second kappa shape index (κ2) is 5.82. The highest BCUT2D eigenvalue weighted by Gasteiger charge is 2.15. The van der Waals surface area contributed by atoms with Crippen molar-refractivity contribution < 1.29 is 4.79 Å². The molecule has 18 heavy (non-hydrogen) atoms.